The molecule has 0 aliphatic rings. The van der Waals surface area contributed by atoms with Crippen molar-refractivity contribution in [2.24, 2.45) is 0 Å². The highest BCUT2D eigenvalue weighted by molar-refractivity contribution is 7.89. The Bertz CT molecular complexity index is 1270. The number of amides is 1. The first kappa shape index (κ1) is 23.7. The summed E-state index contributed by atoms with van der Waals surface area (Å²) in [6.07, 6.45) is -4.36. The van der Waals surface area contributed by atoms with Crippen LogP contribution in [0.5, 0.6) is 0 Å². The Labute approximate surface area is 187 Å². The molecule has 0 spiro atoms. The molecule has 3 rings (SSSR count). The van der Waals surface area contributed by atoms with E-state index < -0.39 is 44.2 Å². The second-order valence-corrected chi connectivity index (χ2v) is 8.96. The quantitative estimate of drug-likeness (QED) is 0.390. The number of rotatable bonds is 6. The van der Waals surface area contributed by atoms with Crippen LogP contribution in [0, 0.1) is 0 Å². The van der Waals surface area contributed by atoms with Crippen molar-refractivity contribution in [1.29, 1.82) is 0 Å². The van der Waals surface area contributed by atoms with E-state index in [4.69, 9.17) is 11.6 Å². The van der Waals surface area contributed by atoms with Gasteiger partial charge in [-0.15, -0.1) is 16.2 Å². The Hall–Kier alpha value is -2.94. The molecule has 2 N–H and O–H groups in total. The van der Waals surface area contributed by atoms with Crippen LogP contribution >= 0.6 is 22.9 Å². The lowest BCUT2D eigenvalue weighted by molar-refractivity contribution is -0.143. The molecule has 0 saturated heterocycles. The molecule has 0 fully saturated rings. The van der Waals surface area contributed by atoms with Gasteiger partial charge in [0.2, 0.25) is 0 Å². The number of sulfonamides is 1. The number of aromatic nitrogens is 2. The van der Waals surface area contributed by atoms with Crippen molar-refractivity contribution < 1.29 is 35.9 Å². The monoisotopic (exact) mass is 508 g/mol. The number of nitrogens with zero attached hydrogens (tertiary/aromatic N) is 2. The van der Waals surface area contributed by atoms with Gasteiger partial charge >= 0.3 is 12.1 Å². The van der Waals surface area contributed by atoms with Crippen molar-refractivity contribution in [3.63, 3.8) is 0 Å². The maximum absolute atomic E-state index is 13.7. The topological polar surface area (TPSA) is 119 Å². The molecule has 1 aromatic carbocycles. The SMILES string of the molecule is COC(=O)c1sccc1S(=O)(=O)NNC(=O)c1cnn(-c2ccc(Cl)cc2)c1C(F)(F)F. The lowest BCUT2D eigenvalue weighted by Crippen LogP contribution is -2.42. The Morgan fingerprint density at radius 3 is 2.44 bits per heavy atom. The van der Waals surface area contributed by atoms with Gasteiger partial charge in [0.25, 0.3) is 15.9 Å². The summed E-state index contributed by atoms with van der Waals surface area (Å²) in [6.45, 7) is 0. The van der Waals surface area contributed by atoms with Gasteiger partial charge in [0.05, 0.1) is 24.6 Å². The molecule has 2 aromatic heterocycles. The molecular weight excluding hydrogens is 497 g/mol. The highest BCUT2D eigenvalue weighted by Gasteiger charge is 2.41. The number of methoxy groups -OCH3 is 1. The van der Waals surface area contributed by atoms with Gasteiger partial charge < -0.3 is 4.74 Å². The first-order valence-corrected chi connectivity index (χ1v) is 11.1. The molecule has 2 heterocycles. The molecule has 1 amide bonds. The second kappa shape index (κ2) is 8.90. The summed E-state index contributed by atoms with van der Waals surface area (Å²) < 4.78 is 70.9. The molecule has 15 heteroatoms. The van der Waals surface area contributed by atoms with Gasteiger partial charge in [-0.1, -0.05) is 11.6 Å². The Kier molecular flexibility index (Phi) is 6.59. The van der Waals surface area contributed by atoms with E-state index in [-0.39, 0.29) is 15.6 Å². The fourth-order valence-corrected chi connectivity index (χ4v) is 4.85. The summed E-state index contributed by atoms with van der Waals surface area (Å²) in [5, 5.41) is 5.17. The number of benzene rings is 1. The van der Waals surface area contributed by atoms with E-state index in [9.17, 15) is 31.2 Å². The predicted octanol–water partition coefficient (Wildman–Crippen LogP) is 3.02. The minimum Gasteiger partial charge on any atom is -0.465 e. The maximum atomic E-state index is 13.7. The number of hydrogen-bond acceptors (Lipinski definition) is 7. The van der Waals surface area contributed by atoms with Crippen molar-refractivity contribution in [2.45, 2.75) is 11.1 Å². The number of carbonyl (C=O) groups is 2. The number of alkyl halides is 3. The molecule has 9 nitrogen and oxygen atoms in total. The highest BCUT2D eigenvalue weighted by Crippen LogP contribution is 2.34. The van der Waals surface area contributed by atoms with Crippen LogP contribution in [0.25, 0.3) is 5.69 Å². The van der Waals surface area contributed by atoms with Crippen LogP contribution < -0.4 is 10.3 Å². The average molecular weight is 509 g/mol. The van der Waals surface area contributed by atoms with Gasteiger partial charge in [-0.3, -0.25) is 10.2 Å². The van der Waals surface area contributed by atoms with Crippen LogP contribution in [0.1, 0.15) is 25.7 Å². The maximum Gasteiger partial charge on any atom is 0.434 e. The van der Waals surface area contributed by atoms with E-state index in [1.807, 2.05) is 0 Å². The first-order valence-electron chi connectivity index (χ1n) is 8.35. The van der Waals surface area contributed by atoms with Crippen LogP contribution in [0.3, 0.4) is 0 Å². The predicted molar refractivity (Wildman–Crippen MR) is 107 cm³/mol. The smallest absolute Gasteiger partial charge is 0.434 e. The van der Waals surface area contributed by atoms with Crippen molar-refractivity contribution in [2.75, 3.05) is 7.11 Å². The molecule has 170 valence electrons. The van der Waals surface area contributed by atoms with Crippen LogP contribution in [0.2, 0.25) is 5.02 Å². The minimum absolute atomic E-state index is 0.0256. The van der Waals surface area contributed by atoms with Crippen molar-refractivity contribution >= 4 is 44.8 Å². The molecule has 3 aromatic rings. The molecule has 0 radical (unpaired) electrons. The highest BCUT2D eigenvalue weighted by atomic mass is 35.5. The molecule has 0 saturated carbocycles. The largest absolute Gasteiger partial charge is 0.465 e. The summed E-state index contributed by atoms with van der Waals surface area (Å²) in [6, 6.07) is 6.28. The van der Waals surface area contributed by atoms with Gasteiger partial charge in [0.15, 0.2) is 5.69 Å². The summed E-state index contributed by atoms with van der Waals surface area (Å²) in [7, 11) is -3.45. The average Bonchev–Trinajstić information content (AvgIpc) is 3.40. The third-order valence-corrected chi connectivity index (χ3v) is 6.51. The van der Waals surface area contributed by atoms with Crippen molar-refractivity contribution in [3.05, 3.63) is 63.1 Å². The molecule has 0 bridgehead atoms. The third kappa shape index (κ3) is 4.77. The van der Waals surface area contributed by atoms with E-state index in [0.29, 0.717) is 10.9 Å². The van der Waals surface area contributed by atoms with Crippen LogP contribution in [0.15, 0.2) is 46.8 Å². The zero-order valence-corrected chi connectivity index (χ0v) is 18.2. The van der Waals surface area contributed by atoms with E-state index in [2.05, 4.69) is 9.84 Å². The summed E-state index contributed by atoms with van der Waals surface area (Å²) in [5.41, 5.74) is -0.691. The number of esters is 1. The number of hydrogen-bond donors (Lipinski definition) is 2. The molecule has 0 aliphatic heterocycles. The number of nitrogens with one attached hydrogen (secondary N) is 2. The molecule has 0 unspecified atom stereocenters. The van der Waals surface area contributed by atoms with Gasteiger partial charge in [-0.05, 0) is 35.7 Å². The lowest BCUT2D eigenvalue weighted by Gasteiger charge is -2.13. The normalized spacial score (nSPS) is 11.9. The summed E-state index contributed by atoms with van der Waals surface area (Å²) in [4.78, 5) is 25.0. The Morgan fingerprint density at radius 1 is 1.19 bits per heavy atom. The molecule has 0 atom stereocenters. The van der Waals surface area contributed by atoms with Crippen molar-refractivity contribution in [3.8, 4) is 5.69 Å². The van der Waals surface area contributed by atoms with Gasteiger partial charge in [-0.2, -0.15) is 18.3 Å². The third-order valence-electron chi connectivity index (χ3n) is 3.94. The van der Waals surface area contributed by atoms with Crippen LogP contribution in [-0.2, 0) is 20.9 Å². The second-order valence-electron chi connectivity index (χ2n) is 5.96. The minimum atomic E-state index is -5.01. The summed E-state index contributed by atoms with van der Waals surface area (Å²) in [5.74, 6) is -2.36. The zero-order valence-electron chi connectivity index (χ0n) is 15.8. The standard InChI is InChI=1S/C17H12ClF3N4O5S2/c1-30-16(27)13-12(6-7-31-13)32(28,29)24-23-15(26)11-8-22-25(14(11)17(19,20)21)10-4-2-9(18)3-5-10/h2-8,24H,1H3,(H,23,26). The van der Waals surface area contributed by atoms with E-state index >= 15 is 0 Å². The number of thiophene rings is 1. The van der Waals surface area contributed by atoms with Crippen molar-refractivity contribution in [1.82, 2.24) is 20.0 Å². The first-order chi connectivity index (χ1) is 15.0. The number of ether oxygens (including phenoxy) is 1. The van der Waals surface area contributed by atoms with Crippen LogP contribution in [-0.4, -0.2) is 37.2 Å². The Morgan fingerprint density at radius 2 is 1.84 bits per heavy atom. The molecule has 32 heavy (non-hydrogen) atoms. The zero-order chi connectivity index (χ0) is 23.7. The molecular formula is C17H12ClF3N4O5S2. The number of carbonyl (C=O) groups excluding carboxylic acids is 2. The van der Waals surface area contributed by atoms with Crippen LogP contribution in [0.4, 0.5) is 13.2 Å². The van der Waals surface area contributed by atoms with E-state index in [1.165, 1.54) is 29.6 Å². The number of halogens is 4. The van der Waals surface area contributed by atoms with Gasteiger partial charge in [-0.25, -0.2) is 17.9 Å². The summed E-state index contributed by atoms with van der Waals surface area (Å²) >= 11 is 6.51. The number of hydrazine groups is 1. The van der Waals surface area contributed by atoms with Gasteiger partial charge in [0.1, 0.15) is 9.77 Å². The lowest BCUT2D eigenvalue weighted by atomic mass is 10.2. The fraction of sp³-hybridized carbons (Fsp3) is 0.118. The van der Waals surface area contributed by atoms with E-state index in [0.717, 1.165) is 24.5 Å². The molecule has 0 aliphatic carbocycles. The van der Waals surface area contributed by atoms with Gasteiger partial charge in [0, 0.05) is 5.02 Å². The Balaban J connectivity index is 1.90. The fourth-order valence-electron chi connectivity index (χ4n) is 2.55. The van der Waals surface area contributed by atoms with E-state index in [1.54, 1.807) is 10.3 Å².